The Morgan fingerprint density at radius 1 is 1.38 bits per heavy atom. The SMILES string of the molecule is CCCCO[P@@]1(=O)COc2ccccc2O1. The monoisotopic (exact) mass is 242 g/mol. The standard InChI is InChI=1S/C11H15O4P/c1-2-3-8-14-16(12)9-13-10-6-4-5-7-11(10)15-16/h4-7H,2-3,8-9H2,1H3/t16-/m0/s1. The second kappa shape index (κ2) is 4.89. The molecule has 1 atom stereocenters. The molecule has 0 fully saturated rings. The highest BCUT2D eigenvalue weighted by Crippen LogP contribution is 2.54. The Morgan fingerprint density at radius 3 is 2.88 bits per heavy atom. The van der Waals surface area contributed by atoms with Crippen molar-refractivity contribution in [1.82, 2.24) is 0 Å². The summed E-state index contributed by atoms with van der Waals surface area (Å²) in [5.74, 6) is 1.11. The van der Waals surface area contributed by atoms with Gasteiger partial charge in [-0.15, -0.1) is 0 Å². The van der Waals surface area contributed by atoms with Gasteiger partial charge in [-0.25, -0.2) is 4.57 Å². The lowest BCUT2D eigenvalue weighted by molar-refractivity contribution is 0.213. The molecular formula is C11H15O4P. The van der Waals surface area contributed by atoms with Crippen LogP contribution in [0.25, 0.3) is 0 Å². The number of hydrogen-bond donors (Lipinski definition) is 0. The number of fused-ring (bicyclic) bond motifs is 1. The molecule has 1 aliphatic rings. The Morgan fingerprint density at radius 2 is 2.12 bits per heavy atom. The molecule has 0 aliphatic carbocycles. The van der Waals surface area contributed by atoms with Crippen LogP contribution in [0.5, 0.6) is 11.5 Å². The molecule has 0 bridgehead atoms. The van der Waals surface area contributed by atoms with Crippen molar-refractivity contribution in [2.75, 3.05) is 13.0 Å². The van der Waals surface area contributed by atoms with Gasteiger partial charge in [-0.2, -0.15) is 0 Å². The summed E-state index contributed by atoms with van der Waals surface area (Å²) < 4.78 is 28.1. The first-order valence-corrected chi connectivity index (χ1v) is 7.11. The molecule has 5 heteroatoms. The minimum atomic E-state index is -3.10. The zero-order valence-corrected chi connectivity index (χ0v) is 10.1. The van der Waals surface area contributed by atoms with E-state index in [4.69, 9.17) is 13.8 Å². The maximum Gasteiger partial charge on any atom is 0.416 e. The van der Waals surface area contributed by atoms with Gasteiger partial charge in [0.1, 0.15) is 0 Å². The van der Waals surface area contributed by atoms with Crippen LogP contribution in [0.2, 0.25) is 0 Å². The summed E-state index contributed by atoms with van der Waals surface area (Å²) in [6.45, 7) is 2.49. The minimum absolute atomic E-state index is 0.00622. The zero-order chi connectivity index (χ0) is 11.4. The van der Waals surface area contributed by atoms with Crippen molar-refractivity contribution in [1.29, 1.82) is 0 Å². The van der Waals surface area contributed by atoms with Crippen LogP contribution >= 0.6 is 7.60 Å². The molecule has 1 aliphatic heterocycles. The quantitative estimate of drug-likeness (QED) is 0.599. The summed E-state index contributed by atoms with van der Waals surface area (Å²) in [7, 11) is -3.10. The third-order valence-corrected chi connectivity index (χ3v) is 3.75. The van der Waals surface area contributed by atoms with Gasteiger partial charge in [0.25, 0.3) is 0 Å². The van der Waals surface area contributed by atoms with Crippen LogP contribution in [0.4, 0.5) is 0 Å². The molecule has 1 aromatic rings. The molecule has 0 unspecified atom stereocenters. The predicted molar refractivity (Wildman–Crippen MR) is 61.0 cm³/mol. The van der Waals surface area contributed by atoms with Gasteiger partial charge in [0, 0.05) is 0 Å². The second-order valence-electron chi connectivity index (χ2n) is 3.61. The van der Waals surface area contributed by atoms with Gasteiger partial charge in [-0.1, -0.05) is 25.5 Å². The van der Waals surface area contributed by atoms with E-state index in [2.05, 4.69) is 0 Å². The van der Waals surface area contributed by atoms with Crippen LogP contribution in [-0.2, 0) is 9.09 Å². The van der Waals surface area contributed by atoms with Crippen molar-refractivity contribution in [2.24, 2.45) is 0 Å². The van der Waals surface area contributed by atoms with Gasteiger partial charge < -0.3 is 9.26 Å². The number of benzene rings is 1. The van der Waals surface area contributed by atoms with Gasteiger partial charge in [0.05, 0.1) is 6.61 Å². The highest BCUT2D eigenvalue weighted by atomic mass is 31.2. The fourth-order valence-corrected chi connectivity index (χ4v) is 2.72. The Hall–Kier alpha value is -0.990. The van der Waals surface area contributed by atoms with Gasteiger partial charge >= 0.3 is 7.60 Å². The molecular weight excluding hydrogens is 227 g/mol. The lowest BCUT2D eigenvalue weighted by Gasteiger charge is -2.25. The molecule has 1 aromatic carbocycles. The summed E-state index contributed by atoms with van der Waals surface area (Å²) in [4.78, 5) is 0. The van der Waals surface area contributed by atoms with Gasteiger partial charge in [-0.3, -0.25) is 4.52 Å². The Balaban J connectivity index is 2.03. The molecule has 0 radical (unpaired) electrons. The van der Waals surface area contributed by atoms with Crippen LogP contribution in [0, 0.1) is 0 Å². The average Bonchev–Trinajstić information content (AvgIpc) is 2.29. The van der Waals surface area contributed by atoms with Crippen LogP contribution in [0.15, 0.2) is 24.3 Å². The fourth-order valence-electron chi connectivity index (χ4n) is 1.38. The van der Waals surface area contributed by atoms with Gasteiger partial charge in [0.2, 0.25) is 6.35 Å². The van der Waals surface area contributed by atoms with E-state index in [1.54, 1.807) is 12.1 Å². The van der Waals surface area contributed by atoms with E-state index in [0.29, 0.717) is 18.1 Å². The Labute approximate surface area is 95.1 Å². The average molecular weight is 242 g/mol. The normalized spacial score (nSPS) is 23.1. The number of ether oxygens (including phenoxy) is 1. The maximum absolute atomic E-state index is 12.1. The van der Waals surface area contributed by atoms with Gasteiger partial charge in [-0.05, 0) is 18.6 Å². The molecule has 4 nitrogen and oxygen atoms in total. The molecule has 0 saturated heterocycles. The van der Waals surface area contributed by atoms with Crippen LogP contribution in [0.1, 0.15) is 19.8 Å². The largest absolute Gasteiger partial charge is 0.476 e. The van der Waals surface area contributed by atoms with Crippen LogP contribution < -0.4 is 9.26 Å². The summed E-state index contributed by atoms with van der Waals surface area (Å²) in [5, 5.41) is 0. The summed E-state index contributed by atoms with van der Waals surface area (Å²) in [6, 6.07) is 7.16. The molecule has 0 spiro atoms. The van der Waals surface area contributed by atoms with Crippen molar-refractivity contribution in [3.05, 3.63) is 24.3 Å². The fraction of sp³-hybridized carbons (Fsp3) is 0.455. The van der Waals surface area contributed by atoms with Crippen LogP contribution in [0.3, 0.4) is 0 Å². The molecule has 1 heterocycles. The van der Waals surface area contributed by atoms with Crippen molar-refractivity contribution >= 4 is 7.60 Å². The van der Waals surface area contributed by atoms with E-state index in [0.717, 1.165) is 12.8 Å². The third-order valence-electron chi connectivity index (χ3n) is 2.25. The first-order valence-electron chi connectivity index (χ1n) is 5.38. The lowest BCUT2D eigenvalue weighted by Crippen LogP contribution is -2.13. The first-order chi connectivity index (χ1) is 7.73. The van der Waals surface area contributed by atoms with E-state index < -0.39 is 7.60 Å². The number of unbranched alkanes of at least 4 members (excludes halogenated alkanes) is 1. The number of rotatable bonds is 4. The highest BCUT2D eigenvalue weighted by molar-refractivity contribution is 7.54. The highest BCUT2D eigenvalue weighted by Gasteiger charge is 2.32. The topological polar surface area (TPSA) is 44.8 Å². The zero-order valence-electron chi connectivity index (χ0n) is 9.22. The van der Waals surface area contributed by atoms with E-state index in [1.807, 2.05) is 19.1 Å². The van der Waals surface area contributed by atoms with Crippen molar-refractivity contribution in [3.8, 4) is 11.5 Å². The molecule has 2 rings (SSSR count). The summed E-state index contributed by atoms with van der Waals surface area (Å²) >= 11 is 0. The minimum Gasteiger partial charge on any atom is -0.476 e. The Bertz CT molecular complexity index is 405. The van der Waals surface area contributed by atoms with Crippen molar-refractivity contribution in [2.45, 2.75) is 19.8 Å². The van der Waals surface area contributed by atoms with Crippen molar-refractivity contribution in [3.63, 3.8) is 0 Å². The number of hydrogen-bond acceptors (Lipinski definition) is 4. The molecule has 0 N–H and O–H groups in total. The first kappa shape index (κ1) is 11.5. The smallest absolute Gasteiger partial charge is 0.416 e. The van der Waals surface area contributed by atoms with Crippen LogP contribution in [-0.4, -0.2) is 13.0 Å². The molecule has 0 saturated carbocycles. The number of para-hydroxylation sites is 2. The molecule has 88 valence electrons. The predicted octanol–water partition coefficient (Wildman–Crippen LogP) is 3.43. The van der Waals surface area contributed by atoms with E-state index in [1.165, 1.54) is 0 Å². The molecule has 0 amide bonds. The molecule has 0 aromatic heterocycles. The summed E-state index contributed by atoms with van der Waals surface area (Å²) in [6.07, 6.45) is 1.86. The van der Waals surface area contributed by atoms with E-state index in [-0.39, 0.29) is 6.35 Å². The van der Waals surface area contributed by atoms with E-state index >= 15 is 0 Å². The lowest BCUT2D eigenvalue weighted by atomic mass is 10.3. The summed E-state index contributed by atoms with van der Waals surface area (Å²) in [5.41, 5.74) is 0. The third kappa shape index (κ3) is 2.57. The maximum atomic E-state index is 12.1. The molecule has 16 heavy (non-hydrogen) atoms. The Kier molecular flexibility index (Phi) is 3.52. The second-order valence-corrected chi connectivity index (χ2v) is 5.53. The van der Waals surface area contributed by atoms with Gasteiger partial charge in [0.15, 0.2) is 11.5 Å². The van der Waals surface area contributed by atoms with Crippen molar-refractivity contribution < 1.29 is 18.3 Å². The van der Waals surface area contributed by atoms with E-state index in [9.17, 15) is 4.57 Å².